The maximum atomic E-state index is 13.0. The molecular formula is C17H20FNO3. The van der Waals surface area contributed by atoms with Gasteiger partial charge in [0.15, 0.2) is 0 Å². The van der Waals surface area contributed by atoms with Crippen LogP contribution in [0.5, 0.6) is 0 Å². The van der Waals surface area contributed by atoms with E-state index in [0.717, 1.165) is 0 Å². The summed E-state index contributed by atoms with van der Waals surface area (Å²) < 4.78 is 17.6. The third-order valence-electron chi connectivity index (χ3n) is 3.84. The Morgan fingerprint density at radius 2 is 1.95 bits per heavy atom. The van der Waals surface area contributed by atoms with Crippen molar-refractivity contribution >= 4 is 11.8 Å². The predicted molar refractivity (Wildman–Crippen MR) is 79.4 cm³/mol. The number of nitriles is 1. The van der Waals surface area contributed by atoms with Crippen LogP contribution in [0.2, 0.25) is 0 Å². The molecule has 1 aromatic carbocycles. The molecule has 5 heteroatoms. The van der Waals surface area contributed by atoms with Crippen molar-refractivity contribution in [3.05, 3.63) is 35.6 Å². The van der Waals surface area contributed by atoms with E-state index in [1.165, 1.54) is 31.4 Å². The van der Waals surface area contributed by atoms with Crippen LogP contribution in [0, 0.1) is 23.1 Å². The van der Waals surface area contributed by atoms with Crippen molar-refractivity contribution in [2.24, 2.45) is 5.92 Å². The highest BCUT2D eigenvalue weighted by molar-refractivity contribution is 6.00. The Bertz CT molecular complexity index is 569. The number of methoxy groups -OCH3 is 1. The summed E-state index contributed by atoms with van der Waals surface area (Å²) in [7, 11) is 1.22. The highest BCUT2D eigenvalue weighted by Crippen LogP contribution is 2.40. The quantitative estimate of drug-likeness (QED) is 0.622. The number of halogens is 1. The van der Waals surface area contributed by atoms with Gasteiger partial charge >= 0.3 is 5.97 Å². The van der Waals surface area contributed by atoms with Crippen LogP contribution in [0.3, 0.4) is 0 Å². The largest absolute Gasteiger partial charge is 0.468 e. The van der Waals surface area contributed by atoms with Gasteiger partial charge in [0.05, 0.1) is 18.6 Å². The molecule has 0 saturated heterocycles. The normalized spacial score (nSPS) is 23.8. The van der Waals surface area contributed by atoms with Crippen LogP contribution in [0.25, 0.3) is 0 Å². The number of hydrogen-bond donors (Lipinski definition) is 0. The van der Waals surface area contributed by atoms with Crippen molar-refractivity contribution in [3.8, 4) is 6.07 Å². The number of nitrogens with zero attached hydrogens (tertiary/aromatic N) is 1. The van der Waals surface area contributed by atoms with Gasteiger partial charge in [-0.1, -0.05) is 26.0 Å². The van der Waals surface area contributed by atoms with Crippen LogP contribution in [0.4, 0.5) is 4.39 Å². The topological polar surface area (TPSA) is 67.2 Å². The minimum Gasteiger partial charge on any atom is -0.468 e. The zero-order valence-electron chi connectivity index (χ0n) is 13.1. The van der Waals surface area contributed by atoms with Gasteiger partial charge in [-0.3, -0.25) is 9.59 Å². The van der Waals surface area contributed by atoms with E-state index in [4.69, 9.17) is 0 Å². The van der Waals surface area contributed by atoms with E-state index in [9.17, 15) is 19.2 Å². The van der Waals surface area contributed by atoms with Gasteiger partial charge in [0.1, 0.15) is 17.5 Å². The summed E-state index contributed by atoms with van der Waals surface area (Å²) in [6.45, 7) is 4.00. The standard InChI is InChI=1S/C15H14FNO3.C2H6/c1-20-14(19)12-8-15(9-17,7-6-13(12)18)10-2-4-11(16)5-3-10;1-2/h2-5,12H,6-8H2,1H3;1-2H3. The van der Waals surface area contributed by atoms with E-state index in [1.807, 2.05) is 13.8 Å². The predicted octanol–water partition coefficient (Wildman–Crippen LogP) is 3.16. The lowest BCUT2D eigenvalue weighted by atomic mass is 9.66. The number of hydrogen-bond acceptors (Lipinski definition) is 4. The van der Waals surface area contributed by atoms with Crippen LogP contribution in [-0.2, 0) is 19.7 Å². The third-order valence-corrected chi connectivity index (χ3v) is 3.84. The molecule has 1 fully saturated rings. The molecule has 0 N–H and O–H groups in total. The Balaban J connectivity index is 0.00000116. The molecule has 4 nitrogen and oxygen atoms in total. The highest BCUT2D eigenvalue weighted by Gasteiger charge is 2.45. The third kappa shape index (κ3) is 3.51. The van der Waals surface area contributed by atoms with Crippen LogP contribution in [0.15, 0.2) is 24.3 Å². The second-order valence-corrected chi connectivity index (χ2v) is 4.95. The summed E-state index contributed by atoms with van der Waals surface area (Å²) in [5.41, 5.74) is -0.316. The van der Waals surface area contributed by atoms with E-state index in [-0.39, 0.29) is 18.6 Å². The number of benzene rings is 1. The molecule has 2 rings (SSSR count). The van der Waals surface area contributed by atoms with Crippen molar-refractivity contribution in [1.82, 2.24) is 0 Å². The summed E-state index contributed by atoms with van der Waals surface area (Å²) in [5, 5.41) is 9.52. The zero-order chi connectivity index (χ0) is 16.8. The molecule has 1 aliphatic carbocycles. The van der Waals surface area contributed by atoms with Crippen LogP contribution >= 0.6 is 0 Å². The molecular weight excluding hydrogens is 285 g/mol. The first-order valence-corrected chi connectivity index (χ1v) is 7.30. The smallest absolute Gasteiger partial charge is 0.316 e. The molecule has 0 bridgehead atoms. The Morgan fingerprint density at radius 1 is 1.36 bits per heavy atom. The SMILES string of the molecule is CC.COC(=O)C1CC(C#N)(c2ccc(F)cc2)CCC1=O. The van der Waals surface area contributed by atoms with Gasteiger partial charge in [-0.05, 0) is 30.5 Å². The Labute approximate surface area is 129 Å². The molecule has 0 spiro atoms. The molecule has 118 valence electrons. The summed E-state index contributed by atoms with van der Waals surface area (Å²) in [4.78, 5) is 23.5. The lowest BCUT2D eigenvalue weighted by molar-refractivity contribution is -0.151. The summed E-state index contributed by atoms with van der Waals surface area (Å²) in [6, 6.07) is 7.81. The number of Topliss-reactive ketones (excluding diaryl/α,β-unsaturated/α-hetero) is 1. The van der Waals surface area contributed by atoms with Crippen molar-refractivity contribution in [3.63, 3.8) is 0 Å². The fourth-order valence-corrected chi connectivity index (χ4v) is 2.63. The van der Waals surface area contributed by atoms with Crippen molar-refractivity contribution in [2.45, 2.75) is 38.5 Å². The minimum atomic E-state index is -0.944. The summed E-state index contributed by atoms with van der Waals surface area (Å²) >= 11 is 0. The molecule has 0 heterocycles. The lowest BCUT2D eigenvalue weighted by Crippen LogP contribution is -2.40. The Kier molecular flexibility index (Phi) is 6.24. The summed E-state index contributed by atoms with van der Waals surface area (Å²) in [6.07, 6.45) is 0.562. The summed E-state index contributed by atoms with van der Waals surface area (Å²) in [5.74, 6) is -2.13. The zero-order valence-corrected chi connectivity index (χ0v) is 13.1. The van der Waals surface area contributed by atoms with Crippen molar-refractivity contribution in [1.29, 1.82) is 5.26 Å². The fraction of sp³-hybridized carbons (Fsp3) is 0.471. The lowest BCUT2D eigenvalue weighted by Gasteiger charge is -2.34. The molecule has 1 aliphatic rings. The Morgan fingerprint density at radius 3 is 2.45 bits per heavy atom. The van der Waals surface area contributed by atoms with Gasteiger partial charge in [-0.2, -0.15) is 5.26 Å². The first kappa shape index (κ1) is 17.8. The molecule has 0 aromatic heterocycles. The van der Waals surface area contributed by atoms with Crippen LogP contribution < -0.4 is 0 Å². The van der Waals surface area contributed by atoms with E-state index in [2.05, 4.69) is 10.8 Å². The number of ether oxygens (including phenoxy) is 1. The molecule has 0 radical (unpaired) electrons. The molecule has 2 atom stereocenters. The monoisotopic (exact) mass is 305 g/mol. The molecule has 22 heavy (non-hydrogen) atoms. The average molecular weight is 305 g/mol. The van der Waals surface area contributed by atoms with E-state index >= 15 is 0 Å². The maximum Gasteiger partial charge on any atom is 0.316 e. The number of carbonyl (C=O) groups is 2. The van der Waals surface area contributed by atoms with Crippen LogP contribution in [-0.4, -0.2) is 18.9 Å². The number of rotatable bonds is 2. The molecule has 2 unspecified atom stereocenters. The second kappa shape index (κ2) is 7.69. The number of carbonyl (C=O) groups excluding carboxylic acids is 2. The number of ketones is 1. The molecule has 1 saturated carbocycles. The van der Waals surface area contributed by atoms with Gasteiger partial charge in [0, 0.05) is 6.42 Å². The first-order valence-electron chi connectivity index (χ1n) is 7.30. The van der Waals surface area contributed by atoms with Gasteiger partial charge in [0.2, 0.25) is 0 Å². The van der Waals surface area contributed by atoms with Crippen molar-refractivity contribution in [2.75, 3.05) is 7.11 Å². The highest BCUT2D eigenvalue weighted by atomic mass is 19.1. The van der Waals surface area contributed by atoms with Crippen molar-refractivity contribution < 1.29 is 18.7 Å². The molecule has 1 aromatic rings. The van der Waals surface area contributed by atoms with Gasteiger partial charge < -0.3 is 4.74 Å². The molecule has 0 amide bonds. The van der Waals surface area contributed by atoms with Gasteiger partial charge in [0.25, 0.3) is 0 Å². The first-order chi connectivity index (χ1) is 10.5. The van der Waals surface area contributed by atoms with Gasteiger partial charge in [-0.25, -0.2) is 4.39 Å². The molecule has 0 aliphatic heterocycles. The van der Waals surface area contributed by atoms with E-state index < -0.39 is 23.1 Å². The fourth-order valence-electron chi connectivity index (χ4n) is 2.63. The second-order valence-electron chi connectivity index (χ2n) is 4.95. The van der Waals surface area contributed by atoms with Gasteiger partial charge in [-0.15, -0.1) is 0 Å². The Hall–Kier alpha value is -2.22. The minimum absolute atomic E-state index is 0.0840. The van der Waals surface area contributed by atoms with E-state index in [1.54, 1.807) is 0 Å². The van der Waals surface area contributed by atoms with E-state index in [0.29, 0.717) is 12.0 Å². The van der Waals surface area contributed by atoms with Crippen LogP contribution in [0.1, 0.15) is 38.7 Å². The maximum absolute atomic E-state index is 13.0. The number of esters is 1. The average Bonchev–Trinajstić information content (AvgIpc) is 2.57.